The molecule has 176 valence electrons. The van der Waals surface area contributed by atoms with E-state index in [0.717, 1.165) is 29.7 Å². The second kappa shape index (κ2) is 9.46. The summed E-state index contributed by atoms with van der Waals surface area (Å²) in [5, 5.41) is 21.3. The maximum Gasteiger partial charge on any atom is 0.312 e. The number of carbonyl (C=O) groups excluding carboxylic acids is 2. The third-order valence-electron chi connectivity index (χ3n) is 6.05. The maximum atomic E-state index is 12.7. The number of aromatic nitrogens is 2. The van der Waals surface area contributed by atoms with Crippen molar-refractivity contribution in [3.63, 3.8) is 0 Å². The van der Waals surface area contributed by atoms with Crippen molar-refractivity contribution in [2.75, 3.05) is 5.32 Å². The summed E-state index contributed by atoms with van der Waals surface area (Å²) in [6.45, 7) is 5.57. The summed E-state index contributed by atoms with van der Waals surface area (Å²) in [7, 11) is 0. The Hall–Kier alpha value is -4.01. The zero-order valence-electron chi connectivity index (χ0n) is 19.4. The summed E-state index contributed by atoms with van der Waals surface area (Å²) in [5.41, 5.74) is 3.99. The molecular weight excluding hydrogens is 434 g/mol. The van der Waals surface area contributed by atoms with Gasteiger partial charge < -0.3 is 10.6 Å². The standard InChI is InChI=1S/C25H27N5O4/c1-15(19-10-12-22(13-11-19)27-25(32)21-8-9-21)26-24(31)20-6-4-18(5-7-20)14-29-17(3)23(30(33)34)16(2)28-29/h4-7,10-13,15,21H,8-9,14H2,1-3H3,(H,26,31)(H,27,32). The first kappa shape index (κ1) is 23.2. The highest BCUT2D eigenvalue weighted by atomic mass is 16.6. The first-order valence-corrected chi connectivity index (χ1v) is 11.2. The number of benzene rings is 2. The topological polar surface area (TPSA) is 119 Å². The number of carbonyl (C=O) groups is 2. The molecule has 1 heterocycles. The Morgan fingerprint density at radius 3 is 2.32 bits per heavy atom. The number of aryl methyl sites for hydroxylation is 1. The van der Waals surface area contributed by atoms with Gasteiger partial charge in [0.25, 0.3) is 5.91 Å². The van der Waals surface area contributed by atoms with Gasteiger partial charge in [-0.25, -0.2) is 0 Å². The van der Waals surface area contributed by atoms with Gasteiger partial charge in [0.15, 0.2) is 0 Å². The maximum absolute atomic E-state index is 12.7. The molecule has 9 heteroatoms. The molecule has 0 bridgehead atoms. The Morgan fingerprint density at radius 1 is 1.12 bits per heavy atom. The minimum absolute atomic E-state index is 0.0308. The van der Waals surface area contributed by atoms with E-state index < -0.39 is 4.92 Å². The molecule has 0 saturated heterocycles. The molecule has 1 aliphatic rings. The van der Waals surface area contributed by atoms with Gasteiger partial charge in [0.1, 0.15) is 11.4 Å². The van der Waals surface area contributed by atoms with Crippen LogP contribution in [0.1, 0.15) is 58.7 Å². The van der Waals surface area contributed by atoms with Crippen molar-refractivity contribution in [2.45, 2.75) is 46.2 Å². The molecule has 2 amide bonds. The monoisotopic (exact) mass is 461 g/mol. The number of hydrogen-bond donors (Lipinski definition) is 2. The molecular formula is C25H27N5O4. The SMILES string of the molecule is Cc1nn(Cc2ccc(C(=O)NC(C)c3ccc(NC(=O)C4CC4)cc3)cc2)c(C)c1[N+](=O)[O-]. The van der Waals surface area contributed by atoms with Gasteiger partial charge in [-0.1, -0.05) is 24.3 Å². The number of hydrogen-bond acceptors (Lipinski definition) is 5. The molecule has 1 atom stereocenters. The van der Waals surface area contributed by atoms with E-state index in [1.165, 1.54) is 0 Å². The van der Waals surface area contributed by atoms with Crippen LogP contribution in [0.2, 0.25) is 0 Å². The van der Waals surface area contributed by atoms with Crippen LogP contribution in [-0.2, 0) is 11.3 Å². The summed E-state index contributed by atoms with van der Waals surface area (Å²) in [6.07, 6.45) is 1.91. The Kier molecular flexibility index (Phi) is 6.45. The van der Waals surface area contributed by atoms with Crippen molar-refractivity contribution in [1.82, 2.24) is 15.1 Å². The third kappa shape index (κ3) is 5.14. The lowest BCUT2D eigenvalue weighted by atomic mass is 10.1. The zero-order chi connectivity index (χ0) is 24.4. The van der Waals surface area contributed by atoms with E-state index in [1.807, 2.05) is 43.3 Å². The largest absolute Gasteiger partial charge is 0.346 e. The fourth-order valence-electron chi connectivity index (χ4n) is 3.85. The predicted octanol–water partition coefficient (Wildman–Crippen LogP) is 4.30. The summed E-state index contributed by atoms with van der Waals surface area (Å²) in [4.78, 5) is 35.4. The van der Waals surface area contributed by atoms with Gasteiger partial charge in [0.2, 0.25) is 5.91 Å². The molecule has 0 radical (unpaired) electrons. The Morgan fingerprint density at radius 2 is 1.76 bits per heavy atom. The van der Waals surface area contributed by atoms with E-state index in [0.29, 0.717) is 23.5 Å². The first-order valence-electron chi connectivity index (χ1n) is 11.2. The molecule has 2 N–H and O–H groups in total. The lowest BCUT2D eigenvalue weighted by Crippen LogP contribution is -2.26. The van der Waals surface area contributed by atoms with E-state index in [-0.39, 0.29) is 29.5 Å². The number of nitrogens with zero attached hydrogens (tertiary/aromatic N) is 3. The number of amides is 2. The second-order valence-corrected chi connectivity index (χ2v) is 8.71. The molecule has 4 rings (SSSR count). The Labute approximate surface area is 197 Å². The molecule has 0 aliphatic heterocycles. The number of rotatable bonds is 8. The van der Waals surface area contributed by atoms with Crippen molar-refractivity contribution in [2.24, 2.45) is 5.92 Å². The molecule has 1 unspecified atom stereocenters. The highest BCUT2D eigenvalue weighted by Crippen LogP contribution is 2.30. The van der Waals surface area contributed by atoms with Crippen LogP contribution in [0.3, 0.4) is 0 Å². The van der Waals surface area contributed by atoms with Crippen LogP contribution in [0.5, 0.6) is 0 Å². The van der Waals surface area contributed by atoms with E-state index in [9.17, 15) is 19.7 Å². The lowest BCUT2D eigenvalue weighted by molar-refractivity contribution is -0.386. The van der Waals surface area contributed by atoms with Crippen molar-refractivity contribution in [3.05, 3.63) is 86.7 Å². The Bertz CT molecular complexity index is 1230. The van der Waals surface area contributed by atoms with Crippen LogP contribution in [0.25, 0.3) is 0 Å². The quantitative estimate of drug-likeness (QED) is 0.383. The number of anilines is 1. The first-order chi connectivity index (χ1) is 16.2. The van der Waals surface area contributed by atoms with Crippen LogP contribution in [-0.4, -0.2) is 26.5 Å². The van der Waals surface area contributed by atoms with Gasteiger partial charge in [0, 0.05) is 17.2 Å². The minimum atomic E-state index is -0.416. The van der Waals surface area contributed by atoms with Crippen LogP contribution in [0.15, 0.2) is 48.5 Å². The zero-order valence-corrected chi connectivity index (χ0v) is 19.4. The summed E-state index contributed by atoms with van der Waals surface area (Å²) >= 11 is 0. The van der Waals surface area contributed by atoms with Crippen molar-refractivity contribution < 1.29 is 14.5 Å². The summed E-state index contributed by atoms with van der Waals surface area (Å²) in [5.74, 6) is 0.0102. The molecule has 3 aromatic rings. The van der Waals surface area contributed by atoms with Gasteiger partial charge in [-0.05, 0) is 69.0 Å². The van der Waals surface area contributed by atoms with E-state index in [1.54, 1.807) is 30.7 Å². The fraction of sp³-hybridized carbons (Fsp3) is 0.320. The normalized spacial score (nSPS) is 13.9. The number of nitro groups is 1. The molecule has 9 nitrogen and oxygen atoms in total. The Balaban J connectivity index is 1.35. The van der Waals surface area contributed by atoms with Gasteiger partial charge in [-0.2, -0.15) is 5.10 Å². The average molecular weight is 462 g/mol. The molecule has 1 aromatic heterocycles. The average Bonchev–Trinajstić information content (AvgIpc) is 3.61. The molecule has 34 heavy (non-hydrogen) atoms. The van der Waals surface area contributed by atoms with Gasteiger partial charge in [-0.3, -0.25) is 24.4 Å². The number of nitrogens with one attached hydrogen (secondary N) is 2. The van der Waals surface area contributed by atoms with E-state index >= 15 is 0 Å². The van der Waals surface area contributed by atoms with E-state index in [4.69, 9.17) is 0 Å². The molecule has 1 fully saturated rings. The van der Waals surface area contributed by atoms with Crippen LogP contribution >= 0.6 is 0 Å². The molecule has 1 aliphatic carbocycles. The molecule has 2 aromatic carbocycles. The van der Waals surface area contributed by atoms with Crippen LogP contribution in [0, 0.1) is 29.9 Å². The van der Waals surface area contributed by atoms with Crippen LogP contribution < -0.4 is 10.6 Å². The predicted molar refractivity (Wildman–Crippen MR) is 128 cm³/mol. The third-order valence-corrected chi connectivity index (χ3v) is 6.05. The fourth-order valence-corrected chi connectivity index (χ4v) is 3.85. The van der Waals surface area contributed by atoms with Gasteiger partial charge >= 0.3 is 5.69 Å². The van der Waals surface area contributed by atoms with Gasteiger partial charge in [0.05, 0.1) is 17.5 Å². The van der Waals surface area contributed by atoms with E-state index in [2.05, 4.69) is 15.7 Å². The van der Waals surface area contributed by atoms with Crippen molar-refractivity contribution in [3.8, 4) is 0 Å². The van der Waals surface area contributed by atoms with Crippen molar-refractivity contribution >= 4 is 23.2 Å². The second-order valence-electron chi connectivity index (χ2n) is 8.71. The minimum Gasteiger partial charge on any atom is -0.346 e. The summed E-state index contributed by atoms with van der Waals surface area (Å²) < 4.78 is 1.60. The highest BCUT2D eigenvalue weighted by molar-refractivity contribution is 5.95. The summed E-state index contributed by atoms with van der Waals surface area (Å²) in [6, 6.07) is 14.4. The highest BCUT2D eigenvalue weighted by Gasteiger charge is 2.29. The van der Waals surface area contributed by atoms with Crippen LogP contribution in [0.4, 0.5) is 11.4 Å². The smallest absolute Gasteiger partial charge is 0.312 e. The van der Waals surface area contributed by atoms with Gasteiger partial charge in [-0.15, -0.1) is 0 Å². The molecule has 1 saturated carbocycles. The lowest BCUT2D eigenvalue weighted by Gasteiger charge is -2.15. The molecule has 0 spiro atoms. The van der Waals surface area contributed by atoms with Crippen molar-refractivity contribution in [1.29, 1.82) is 0 Å².